The van der Waals surface area contributed by atoms with E-state index in [1.54, 1.807) is 13.2 Å². The topological polar surface area (TPSA) is 77.2 Å². The van der Waals surface area contributed by atoms with Crippen LogP contribution in [0.4, 0.5) is 6.01 Å². The molecule has 0 unspecified atom stereocenters. The second-order valence-corrected chi connectivity index (χ2v) is 4.30. The summed E-state index contributed by atoms with van der Waals surface area (Å²) in [6.07, 6.45) is 2.25. The molecule has 1 amide bonds. The standard InChI is InChI=1S/C14H17N3O3/c1-3-4-8-12(18)15-14-17-16-13(20-14)10-6-5-7-11(9-10)19-2/h5-7,9H,3-4,8H2,1-2H3,(H,15,17,18). The Hall–Kier alpha value is -2.37. The second kappa shape index (κ2) is 6.70. The smallest absolute Gasteiger partial charge is 0.322 e. The number of methoxy groups -OCH3 is 1. The summed E-state index contributed by atoms with van der Waals surface area (Å²) >= 11 is 0. The molecule has 0 aliphatic heterocycles. The van der Waals surface area contributed by atoms with E-state index in [1.165, 1.54) is 0 Å². The molecule has 6 heteroatoms. The molecule has 0 saturated carbocycles. The van der Waals surface area contributed by atoms with Crippen molar-refractivity contribution in [2.75, 3.05) is 12.4 Å². The lowest BCUT2D eigenvalue weighted by atomic mass is 10.2. The number of nitrogens with one attached hydrogen (secondary N) is 1. The molecule has 0 atom stereocenters. The van der Waals surface area contributed by atoms with Crippen LogP contribution in [0, 0.1) is 0 Å². The fourth-order valence-corrected chi connectivity index (χ4v) is 1.67. The van der Waals surface area contributed by atoms with E-state index in [4.69, 9.17) is 9.15 Å². The largest absolute Gasteiger partial charge is 0.497 e. The van der Waals surface area contributed by atoms with Gasteiger partial charge in [-0.15, -0.1) is 5.10 Å². The molecule has 1 aromatic heterocycles. The Morgan fingerprint density at radius 3 is 3.00 bits per heavy atom. The minimum absolute atomic E-state index is 0.115. The highest BCUT2D eigenvalue weighted by atomic mass is 16.5. The number of hydrogen-bond acceptors (Lipinski definition) is 5. The quantitative estimate of drug-likeness (QED) is 0.877. The monoisotopic (exact) mass is 275 g/mol. The molecule has 0 saturated heterocycles. The van der Waals surface area contributed by atoms with Crippen molar-refractivity contribution in [1.82, 2.24) is 10.2 Å². The predicted molar refractivity (Wildman–Crippen MR) is 74.4 cm³/mol. The van der Waals surface area contributed by atoms with E-state index in [1.807, 2.05) is 25.1 Å². The number of carbonyl (C=O) groups is 1. The van der Waals surface area contributed by atoms with Crippen LogP contribution in [-0.2, 0) is 4.79 Å². The third-order valence-electron chi connectivity index (χ3n) is 2.75. The first-order chi connectivity index (χ1) is 9.72. The zero-order valence-corrected chi connectivity index (χ0v) is 11.5. The Kier molecular flexibility index (Phi) is 4.70. The van der Waals surface area contributed by atoms with Gasteiger partial charge in [-0.2, -0.15) is 0 Å². The molecule has 20 heavy (non-hydrogen) atoms. The maximum absolute atomic E-state index is 11.6. The predicted octanol–water partition coefficient (Wildman–Crippen LogP) is 2.87. The molecule has 0 radical (unpaired) electrons. The first-order valence-electron chi connectivity index (χ1n) is 6.50. The van der Waals surface area contributed by atoms with Crippen LogP contribution in [0.15, 0.2) is 28.7 Å². The highest BCUT2D eigenvalue weighted by Crippen LogP contribution is 2.23. The molecule has 0 aliphatic carbocycles. The van der Waals surface area contributed by atoms with E-state index in [9.17, 15) is 4.79 Å². The van der Waals surface area contributed by atoms with E-state index >= 15 is 0 Å². The van der Waals surface area contributed by atoms with Crippen molar-refractivity contribution >= 4 is 11.9 Å². The van der Waals surface area contributed by atoms with Crippen molar-refractivity contribution in [3.05, 3.63) is 24.3 Å². The van der Waals surface area contributed by atoms with Crippen molar-refractivity contribution in [2.24, 2.45) is 0 Å². The van der Waals surface area contributed by atoms with Crippen LogP contribution in [0.1, 0.15) is 26.2 Å². The summed E-state index contributed by atoms with van der Waals surface area (Å²) in [5.74, 6) is 0.927. The molecule has 1 aromatic carbocycles. The Labute approximate surface area is 117 Å². The Morgan fingerprint density at radius 1 is 1.40 bits per heavy atom. The summed E-state index contributed by atoms with van der Waals surface area (Å²) < 4.78 is 10.5. The van der Waals surface area contributed by atoms with Gasteiger partial charge in [0.05, 0.1) is 7.11 Å². The molecule has 0 spiro atoms. The molecule has 0 fully saturated rings. The van der Waals surface area contributed by atoms with Gasteiger partial charge in [-0.05, 0) is 24.6 Å². The van der Waals surface area contributed by atoms with Gasteiger partial charge in [-0.3, -0.25) is 10.1 Å². The molecule has 0 bridgehead atoms. The minimum atomic E-state index is -0.118. The van der Waals surface area contributed by atoms with Gasteiger partial charge in [0.2, 0.25) is 11.8 Å². The summed E-state index contributed by atoms with van der Waals surface area (Å²) in [5, 5.41) is 10.3. The van der Waals surface area contributed by atoms with Gasteiger partial charge in [0.15, 0.2) is 0 Å². The zero-order valence-electron chi connectivity index (χ0n) is 11.5. The molecule has 1 heterocycles. The summed E-state index contributed by atoms with van der Waals surface area (Å²) in [4.78, 5) is 11.6. The molecule has 1 N–H and O–H groups in total. The first-order valence-corrected chi connectivity index (χ1v) is 6.50. The number of aromatic nitrogens is 2. The van der Waals surface area contributed by atoms with Crippen LogP contribution in [0.3, 0.4) is 0 Å². The lowest BCUT2D eigenvalue weighted by molar-refractivity contribution is -0.116. The lowest BCUT2D eigenvalue weighted by Gasteiger charge is -2.00. The van der Waals surface area contributed by atoms with Gasteiger partial charge in [0.25, 0.3) is 0 Å². The van der Waals surface area contributed by atoms with Crippen molar-refractivity contribution in [1.29, 1.82) is 0 Å². The van der Waals surface area contributed by atoms with E-state index in [2.05, 4.69) is 15.5 Å². The van der Waals surface area contributed by atoms with Crippen LogP contribution in [0.25, 0.3) is 11.5 Å². The molecule has 0 aliphatic rings. The number of unbranched alkanes of at least 4 members (excludes halogenated alkanes) is 1. The highest BCUT2D eigenvalue weighted by molar-refractivity contribution is 5.88. The van der Waals surface area contributed by atoms with Gasteiger partial charge in [-0.1, -0.05) is 24.5 Å². The Balaban J connectivity index is 2.06. The van der Waals surface area contributed by atoms with E-state index in [0.717, 1.165) is 18.4 Å². The number of anilines is 1. The average molecular weight is 275 g/mol. The fraction of sp³-hybridized carbons (Fsp3) is 0.357. The average Bonchev–Trinajstić information content (AvgIpc) is 2.93. The normalized spacial score (nSPS) is 10.3. The number of carbonyl (C=O) groups excluding carboxylic acids is 1. The van der Waals surface area contributed by atoms with E-state index in [-0.39, 0.29) is 11.9 Å². The molecule has 2 rings (SSSR count). The first kappa shape index (κ1) is 14.0. The SMILES string of the molecule is CCCCC(=O)Nc1nnc(-c2cccc(OC)c2)o1. The molecular formula is C14H17N3O3. The number of benzene rings is 1. The zero-order chi connectivity index (χ0) is 14.4. The van der Waals surface area contributed by atoms with Crippen molar-refractivity contribution in [2.45, 2.75) is 26.2 Å². The molecule has 6 nitrogen and oxygen atoms in total. The minimum Gasteiger partial charge on any atom is -0.497 e. The number of ether oxygens (including phenoxy) is 1. The number of nitrogens with zero attached hydrogens (tertiary/aromatic N) is 2. The summed E-state index contributed by atoms with van der Waals surface area (Å²) in [5.41, 5.74) is 0.742. The van der Waals surface area contributed by atoms with Gasteiger partial charge in [0, 0.05) is 12.0 Å². The van der Waals surface area contributed by atoms with Crippen LogP contribution in [-0.4, -0.2) is 23.2 Å². The van der Waals surface area contributed by atoms with Gasteiger partial charge in [-0.25, -0.2) is 0 Å². The van der Waals surface area contributed by atoms with Gasteiger partial charge >= 0.3 is 6.01 Å². The van der Waals surface area contributed by atoms with Crippen molar-refractivity contribution < 1.29 is 13.9 Å². The van der Waals surface area contributed by atoms with Crippen molar-refractivity contribution in [3.63, 3.8) is 0 Å². The maximum atomic E-state index is 11.6. The van der Waals surface area contributed by atoms with Gasteiger partial charge < -0.3 is 9.15 Å². The molecule has 106 valence electrons. The lowest BCUT2D eigenvalue weighted by Crippen LogP contribution is -2.11. The van der Waals surface area contributed by atoms with Crippen LogP contribution < -0.4 is 10.1 Å². The maximum Gasteiger partial charge on any atom is 0.322 e. The van der Waals surface area contributed by atoms with Crippen LogP contribution in [0.2, 0.25) is 0 Å². The van der Waals surface area contributed by atoms with Gasteiger partial charge in [0.1, 0.15) is 5.75 Å². The second-order valence-electron chi connectivity index (χ2n) is 4.30. The van der Waals surface area contributed by atoms with E-state index < -0.39 is 0 Å². The molecular weight excluding hydrogens is 258 g/mol. The fourth-order valence-electron chi connectivity index (χ4n) is 1.67. The number of hydrogen-bond donors (Lipinski definition) is 1. The third-order valence-corrected chi connectivity index (χ3v) is 2.75. The third kappa shape index (κ3) is 3.57. The summed E-state index contributed by atoms with van der Waals surface area (Å²) in [7, 11) is 1.59. The number of amides is 1. The highest BCUT2D eigenvalue weighted by Gasteiger charge is 2.11. The summed E-state index contributed by atoms with van der Waals surface area (Å²) in [6, 6.07) is 7.39. The van der Waals surface area contributed by atoms with E-state index in [0.29, 0.717) is 18.1 Å². The van der Waals surface area contributed by atoms with Crippen LogP contribution >= 0.6 is 0 Å². The Morgan fingerprint density at radius 2 is 2.25 bits per heavy atom. The number of rotatable bonds is 6. The van der Waals surface area contributed by atoms with Crippen LogP contribution in [0.5, 0.6) is 5.75 Å². The Bertz CT molecular complexity index is 581. The molecule has 2 aromatic rings. The summed E-state index contributed by atoms with van der Waals surface area (Å²) in [6.45, 7) is 2.03. The van der Waals surface area contributed by atoms with Crippen molar-refractivity contribution in [3.8, 4) is 17.2 Å².